The summed E-state index contributed by atoms with van der Waals surface area (Å²) in [5.41, 5.74) is 0.896. The number of anilines is 1. The summed E-state index contributed by atoms with van der Waals surface area (Å²) in [4.78, 5) is 5.98. The molecule has 2 aromatic rings. The van der Waals surface area contributed by atoms with Crippen molar-refractivity contribution in [2.24, 2.45) is 0 Å². The van der Waals surface area contributed by atoms with E-state index in [2.05, 4.69) is 25.6 Å². The van der Waals surface area contributed by atoms with Crippen molar-refractivity contribution in [1.29, 1.82) is 0 Å². The van der Waals surface area contributed by atoms with E-state index in [-0.39, 0.29) is 11.5 Å². The number of sulfonamides is 1. The first kappa shape index (κ1) is 15.9. The van der Waals surface area contributed by atoms with Gasteiger partial charge < -0.3 is 5.11 Å². The lowest BCUT2D eigenvalue weighted by Crippen LogP contribution is -2.12. The summed E-state index contributed by atoms with van der Waals surface area (Å²) in [6, 6.07) is 1.46. The third-order valence-electron chi connectivity index (χ3n) is 2.60. The van der Waals surface area contributed by atoms with Crippen LogP contribution in [-0.2, 0) is 23.1 Å². The number of halogens is 1. The predicted octanol–water partition coefficient (Wildman–Crippen LogP) is 3.13. The fourth-order valence-electron chi connectivity index (χ4n) is 1.63. The Balaban J connectivity index is 2.32. The Morgan fingerprint density at radius 1 is 1.45 bits per heavy atom. The summed E-state index contributed by atoms with van der Waals surface area (Å²) < 4.78 is 27.6. The molecule has 0 spiro atoms. The number of thiophene rings is 1. The number of hydrogen-bond donors (Lipinski definition) is 2. The normalized spacial score (nSPS) is 11.8. The van der Waals surface area contributed by atoms with Gasteiger partial charge in [-0.1, -0.05) is 6.92 Å². The smallest absolute Gasteiger partial charge is 0.265 e. The number of aliphatic hydroxyl groups excluding tert-OH is 1. The van der Waals surface area contributed by atoms with E-state index in [0.29, 0.717) is 13.8 Å². The van der Waals surface area contributed by atoms with Gasteiger partial charge in [-0.2, -0.15) is 0 Å². The second-order valence-electron chi connectivity index (χ2n) is 3.99. The molecule has 2 aromatic heterocycles. The first-order valence-corrected chi connectivity index (χ1v) is 9.66. The molecule has 0 saturated heterocycles. The van der Waals surface area contributed by atoms with Crippen LogP contribution in [0.4, 0.5) is 5.13 Å². The van der Waals surface area contributed by atoms with Crippen LogP contribution < -0.4 is 4.72 Å². The van der Waals surface area contributed by atoms with Crippen molar-refractivity contribution >= 4 is 53.8 Å². The molecule has 0 aliphatic rings. The van der Waals surface area contributed by atoms with E-state index in [1.807, 2.05) is 13.8 Å². The van der Waals surface area contributed by atoms with E-state index >= 15 is 0 Å². The molecule has 0 fully saturated rings. The van der Waals surface area contributed by atoms with Crippen molar-refractivity contribution in [3.8, 4) is 0 Å². The van der Waals surface area contributed by atoms with Crippen molar-refractivity contribution in [2.75, 3.05) is 4.72 Å². The highest BCUT2D eigenvalue weighted by molar-refractivity contribution is 9.11. The molecule has 0 bridgehead atoms. The third kappa shape index (κ3) is 3.22. The maximum absolute atomic E-state index is 12.3. The lowest BCUT2D eigenvalue weighted by molar-refractivity contribution is 0.285. The van der Waals surface area contributed by atoms with Gasteiger partial charge in [-0.25, -0.2) is 13.4 Å². The number of aromatic nitrogens is 1. The van der Waals surface area contributed by atoms with E-state index in [9.17, 15) is 8.42 Å². The molecular formula is C11H13BrN2O3S3. The highest BCUT2D eigenvalue weighted by Crippen LogP contribution is 2.33. The van der Waals surface area contributed by atoms with Gasteiger partial charge in [0.1, 0.15) is 4.90 Å². The Labute approximate surface area is 133 Å². The summed E-state index contributed by atoms with van der Waals surface area (Å²) in [5.74, 6) is 0. The van der Waals surface area contributed by atoms with Crippen LogP contribution in [0.25, 0.3) is 0 Å². The largest absolute Gasteiger partial charge is 0.391 e. The van der Waals surface area contributed by atoms with Crippen LogP contribution in [-0.4, -0.2) is 18.5 Å². The molecule has 2 N–H and O–H groups in total. The van der Waals surface area contributed by atoms with Gasteiger partial charge in [-0.3, -0.25) is 4.72 Å². The van der Waals surface area contributed by atoms with Crippen LogP contribution in [0.15, 0.2) is 14.7 Å². The van der Waals surface area contributed by atoms with Gasteiger partial charge in [0.25, 0.3) is 10.0 Å². The SMILES string of the molecule is CCc1nc(NS(=O)(=O)c2cc(CO)sc2Br)sc1C. The molecule has 0 atom stereocenters. The summed E-state index contributed by atoms with van der Waals surface area (Å²) in [5, 5.41) is 9.43. The predicted molar refractivity (Wildman–Crippen MR) is 85.0 cm³/mol. The quantitative estimate of drug-likeness (QED) is 0.813. The summed E-state index contributed by atoms with van der Waals surface area (Å²) in [7, 11) is -3.69. The molecule has 0 aromatic carbocycles. The average molecular weight is 397 g/mol. The number of aryl methyl sites for hydroxylation is 2. The average Bonchev–Trinajstić information content (AvgIpc) is 2.92. The number of aliphatic hydroxyl groups is 1. The van der Waals surface area contributed by atoms with Crippen LogP contribution in [0, 0.1) is 6.92 Å². The summed E-state index contributed by atoms with van der Waals surface area (Å²) in [6.45, 7) is 3.71. The lowest BCUT2D eigenvalue weighted by Gasteiger charge is -2.03. The zero-order chi connectivity index (χ0) is 14.9. The Morgan fingerprint density at radius 2 is 2.15 bits per heavy atom. The van der Waals surface area contributed by atoms with Gasteiger partial charge >= 0.3 is 0 Å². The Hall–Kier alpha value is -0.480. The molecule has 110 valence electrons. The second kappa shape index (κ2) is 6.10. The zero-order valence-corrected chi connectivity index (χ0v) is 14.8. The van der Waals surface area contributed by atoms with Gasteiger partial charge in [0.15, 0.2) is 5.13 Å². The summed E-state index contributed by atoms with van der Waals surface area (Å²) in [6.07, 6.45) is 0.765. The highest BCUT2D eigenvalue weighted by atomic mass is 79.9. The van der Waals surface area contributed by atoms with Gasteiger partial charge in [0.2, 0.25) is 0 Å². The topological polar surface area (TPSA) is 79.3 Å². The summed E-state index contributed by atoms with van der Waals surface area (Å²) >= 11 is 5.72. The Bertz CT molecular complexity index is 721. The number of nitrogens with zero attached hydrogens (tertiary/aromatic N) is 1. The monoisotopic (exact) mass is 396 g/mol. The molecule has 2 rings (SSSR count). The minimum atomic E-state index is -3.69. The first-order valence-electron chi connectivity index (χ1n) is 5.75. The molecule has 0 aliphatic heterocycles. The van der Waals surface area contributed by atoms with Crippen molar-refractivity contribution in [3.05, 3.63) is 25.3 Å². The number of rotatable bonds is 5. The Kier molecular flexibility index (Phi) is 4.85. The fourth-order valence-corrected chi connectivity index (χ4v) is 6.31. The van der Waals surface area contributed by atoms with Crippen LogP contribution >= 0.6 is 38.6 Å². The molecular weight excluding hydrogens is 384 g/mol. The third-order valence-corrected chi connectivity index (χ3v) is 7.23. The minimum absolute atomic E-state index is 0.123. The number of nitrogens with one attached hydrogen (secondary N) is 1. The molecule has 0 saturated carbocycles. The van der Waals surface area contributed by atoms with Crippen LogP contribution in [0.5, 0.6) is 0 Å². The molecule has 5 nitrogen and oxygen atoms in total. The van der Waals surface area contributed by atoms with E-state index in [0.717, 1.165) is 17.0 Å². The van der Waals surface area contributed by atoms with Crippen molar-refractivity contribution < 1.29 is 13.5 Å². The minimum Gasteiger partial charge on any atom is -0.391 e. The maximum Gasteiger partial charge on any atom is 0.265 e. The van der Waals surface area contributed by atoms with Gasteiger partial charge in [-0.05, 0) is 35.3 Å². The molecule has 9 heteroatoms. The van der Waals surface area contributed by atoms with Crippen LogP contribution in [0.3, 0.4) is 0 Å². The second-order valence-corrected chi connectivity index (χ2v) is 9.30. The first-order chi connectivity index (χ1) is 9.37. The van der Waals surface area contributed by atoms with Crippen LogP contribution in [0.2, 0.25) is 0 Å². The number of thiazole rings is 1. The lowest BCUT2D eigenvalue weighted by atomic mass is 10.3. The van der Waals surface area contributed by atoms with E-state index in [1.54, 1.807) is 0 Å². The highest BCUT2D eigenvalue weighted by Gasteiger charge is 2.22. The standard InChI is InChI=1S/C11H13BrN2O3S3/c1-3-8-6(2)18-11(13-8)14-20(16,17)9-4-7(5-15)19-10(9)12/h4,15H,3,5H2,1-2H3,(H,13,14). The fraction of sp³-hybridized carbons (Fsp3) is 0.364. The molecule has 20 heavy (non-hydrogen) atoms. The molecule has 0 amide bonds. The van der Waals surface area contributed by atoms with E-state index in [4.69, 9.17) is 5.11 Å². The molecule has 0 radical (unpaired) electrons. The maximum atomic E-state index is 12.3. The van der Waals surface area contributed by atoms with E-state index in [1.165, 1.54) is 28.7 Å². The van der Waals surface area contributed by atoms with Crippen LogP contribution in [0.1, 0.15) is 22.4 Å². The van der Waals surface area contributed by atoms with Crippen molar-refractivity contribution in [3.63, 3.8) is 0 Å². The Morgan fingerprint density at radius 3 is 2.65 bits per heavy atom. The van der Waals surface area contributed by atoms with Gasteiger partial charge in [-0.15, -0.1) is 22.7 Å². The zero-order valence-electron chi connectivity index (χ0n) is 10.8. The molecule has 2 heterocycles. The molecule has 0 unspecified atom stereocenters. The molecule has 0 aliphatic carbocycles. The van der Waals surface area contributed by atoms with Crippen molar-refractivity contribution in [1.82, 2.24) is 4.98 Å². The van der Waals surface area contributed by atoms with Crippen molar-refractivity contribution in [2.45, 2.75) is 31.8 Å². The van der Waals surface area contributed by atoms with Gasteiger partial charge in [0, 0.05) is 9.75 Å². The van der Waals surface area contributed by atoms with E-state index < -0.39 is 10.0 Å². The number of hydrogen-bond acceptors (Lipinski definition) is 6. The van der Waals surface area contributed by atoms with Gasteiger partial charge in [0.05, 0.1) is 16.1 Å².